The Kier molecular flexibility index (Phi) is 8.40. The van der Waals surface area contributed by atoms with Gasteiger partial charge in [-0.3, -0.25) is 9.59 Å². The molecule has 0 spiro atoms. The number of nitrogens with one attached hydrogen (secondary N) is 1. The van der Waals surface area contributed by atoms with Crippen LogP contribution in [-0.4, -0.2) is 29.3 Å². The highest BCUT2D eigenvalue weighted by molar-refractivity contribution is 6.30. The Morgan fingerprint density at radius 1 is 0.938 bits per heavy atom. The molecule has 166 valence electrons. The van der Waals surface area contributed by atoms with E-state index in [2.05, 4.69) is 5.32 Å². The van der Waals surface area contributed by atoms with Gasteiger partial charge in [0.25, 0.3) is 0 Å². The topological polar surface area (TPSA) is 49.4 Å². The third-order valence-corrected chi connectivity index (χ3v) is 5.37. The van der Waals surface area contributed by atoms with Gasteiger partial charge < -0.3 is 10.2 Å². The Balaban J connectivity index is 1.94. The normalized spacial score (nSPS) is 11.6. The number of likely N-dealkylation sites (N-methyl/N-ethyl adjacent to an activating group) is 1. The molecule has 0 saturated heterocycles. The van der Waals surface area contributed by atoms with E-state index in [9.17, 15) is 14.0 Å². The molecule has 3 aromatic rings. The number of nitrogens with zero attached hydrogens (tertiary/aromatic N) is 1. The molecule has 3 rings (SSSR count). The van der Waals surface area contributed by atoms with Gasteiger partial charge >= 0.3 is 0 Å². The lowest BCUT2D eigenvalue weighted by molar-refractivity contribution is -0.140. The van der Waals surface area contributed by atoms with Crippen molar-refractivity contribution in [2.24, 2.45) is 0 Å². The summed E-state index contributed by atoms with van der Waals surface area (Å²) in [5, 5.41) is 3.42. The summed E-state index contributed by atoms with van der Waals surface area (Å²) >= 11 is 6.16. The average Bonchev–Trinajstić information content (AvgIpc) is 2.78. The number of carbonyl (C=O) groups is 2. The summed E-state index contributed by atoms with van der Waals surface area (Å²) in [7, 11) is 0. The van der Waals surface area contributed by atoms with Crippen LogP contribution < -0.4 is 5.32 Å². The molecule has 4 nitrogen and oxygen atoms in total. The predicted molar refractivity (Wildman–Crippen MR) is 125 cm³/mol. The van der Waals surface area contributed by atoms with E-state index < -0.39 is 6.04 Å². The van der Waals surface area contributed by atoms with Gasteiger partial charge in [0.1, 0.15) is 11.9 Å². The lowest BCUT2D eigenvalue weighted by atomic mass is 10.0. The van der Waals surface area contributed by atoms with E-state index in [-0.39, 0.29) is 30.6 Å². The largest absolute Gasteiger partial charge is 0.355 e. The van der Waals surface area contributed by atoms with Crippen molar-refractivity contribution in [3.63, 3.8) is 0 Å². The van der Waals surface area contributed by atoms with Crippen molar-refractivity contribution in [3.8, 4) is 0 Å². The molecular formula is C26H26ClFN2O2. The number of rotatable bonds is 9. The number of amides is 2. The van der Waals surface area contributed by atoms with Crippen molar-refractivity contribution in [1.29, 1.82) is 0 Å². The monoisotopic (exact) mass is 452 g/mol. The first-order chi connectivity index (χ1) is 15.5. The lowest BCUT2D eigenvalue weighted by Crippen LogP contribution is -2.50. The first-order valence-electron chi connectivity index (χ1n) is 10.6. The molecule has 3 aromatic carbocycles. The molecule has 0 fully saturated rings. The maximum Gasteiger partial charge on any atom is 0.243 e. The molecule has 0 aromatic heterocycles. The van der Waals surface area contributed by atoms with Crippen molar-refractivity contribution in [1.82, 2.24) is 10.2 Å². The van der Waals surface area contributed by atoms with E-state index >= 15 is 0 Å². The summed E-state index contributed by atoms with van der Waals surface area (Å²) < 4.78 is 13.3. The van der Waals surface area contributed by atoms with E-state index in [1.807, 2.05) is 49.4 Å². The second-order valence-corrected chi connectivity index (χ2v) is 7.99. The Morgan fingerprint density at radius 3 is 2.28 bits per heavy atom. The number of carbonyl (C=O) groups excluding carboxylic acids is 2. The van der Waals surface area contributed by atoms with E-state index in [1.54, 1.807) is 29.2 Å². The first-order valence-corrected chi connectivity index (χ1v) is 10.9. The molecular weight excluding hydrogens is 427 g/mol. The van der Waals surface area contributed by atoms with Crippen LogP contribution in [-0.2, 0) is 29.0 Å². The van der Waals surface area contributed by atoms with Crippen LogP contribution in [0, 0.1) is 5.82 Å². The van der Waals surface area contributed by atoms with Crippen molar-refractivity contribution in [3.05, 3.63) is 106 Å². The van der Waals surface area contributed by atoms with Crippen LogP contribution in [0.2, 0.25) is 5.02 Å². The zero-order chi connectivity index (χ0) is 22.9. The smallest absolute Gasteiger partial charge is 0.243 e. The average molecular weight is 453 g/mol. The van der Waals surface area contributed by atoms with Gasteiger partial charge in [0.05, 0.1) is 6.42 Å². The summed E-state index contributed by atoms with van der Waals surface area (Å²) in [4.78, 5) is 28.1. The number of benzene rings is 3. The number of hydrogen-bond donors (Lipinski definition) is 1. The first kappa shape index (κ1) is 23.5. The Morgan fingerprint density at radius 2 is 1.62 bits per heavy atom. The highest BCUT2D eigenvalue weighted by atomic mass is 35.5. The maximum absolute atomic E-state index is 13.4. The zero-order valence-corrected chi connectivity index (χ0v) is 18.7. The van der Waals surface area contributed by atoms with Crippen LogP contribution in [0.1, 0.15) is 23.6 Å². The Labute approximate surface area is 193 Å². The number of hydrogen-bond acceptors (Lipinski definition) is 2. The van der Waals surface area contributed by atoms with E-state index in [0.717, 1.165) is 11.1 Å². The third-order valence-electron chi connectivity index (χ3n) is 5.13. The van der Waals surface area contributed by atoms with Gasteiger partial charge in [0.15, 0.2) is 0 Å². The van der Waals surface area contributed by atoms with Crippen LogP contribution in [0.3, 0.4) is 0 Å². The van der Waals surface area contributed by atoms with Crippen molar-refractivity contribution < 1.29 is 14.0 Å². The molecule has 0 saturated carbocycles. The van der Waals surface area contributed by atoms with Crippen LogP contribution in [0.5, 0.6) is 0 Å². The molecule has 1 unspecified atom stereocenters. The van der Waals surface area contributed by atoms with E-state index in [0.29, 0.717) is 23.6 Å². The Bertz CT molecular complexity index is 1040. The molecule has 0 heterocycles. The van der Waals surface area contributed by atoms with Gasteiger partial charge in [0, 0.05) is 24.5 Å². The molecule has 6 heteroatoms. The van der Waals surface area contributed by atoms with Gasteiger partial charge in [-0.2, -0.15) is 0 Å². The molecule has 32 heavy (non-hydrogen) atoms. The van der Waals surface area contributed by atoms with Gasteiger partial charge in [-0.05, 0) is 47.9 Å². The molecule has 0 aliphatic heterocycles. The Hall–Kier alpha value is -3.18. The van der Waals surface area contributed by atoms with Gasteiger partial charge in [-0.1, -0.05) is 66.2 Å². The van der Waals surface area contributed by atoms with Crippen molar-refractivity contribution in [2.45, 2.75) is 32.4 Å². The van der Waals surface area contributed by atoms with E-state index in [1.165, 1.54) is 12.1 Å². The summed E-state index contributed by atoms with van der Waals surface area (Å²) in [5.74, 6) is -0.795. The number of halogens is 2. The fourth-order valence-corrected chi connectivity index (χ4v) is 3.77. The van der Waals surface area contributed by atoms with Gasteiger partial charge in [-0.15, -0.1) is 0 Å². The molecule has 0 aliphatic carbocycles. The minimum Gasteiger partial charge on any atom is -0.355 e. The summed E-state index contributed by atoms with van der Waals surface area (Å²) in [5.41, 5.74) is 2.46. The molecule has 0 aliphatic rings. The summed E-state index contributed by atoms with van der Waals surface area (Å²) in [6, 6.07) is 22.0. The highest BCUT2D eigenvalue weighted by Crippen LogP contribution is 2.19. The van der Waals surface area contributed by atoms with Crippen LogP contribution >= 0.6 is 11.6 Å². The fraction of sp³-hybridized carbons (Fsp3) is 0.231. The molecule has 2 amide bonds. The molecule has 1 atom stereocenters. The van der Waals surface area contributed by atoms with Gasteiger partial charge in [0.2, 0.25) is 11.8 Å². The van der Waals surface area contributed by atoms with Crippen molar-refractivity contribution in [2.75, 3.05) is 6.54 Å². The minimum atomic E-state index is -0.704. The van der Waals surface area contributed by atoms with Crippen molar-refractivity contribution >= 4 is 23.4 Å². The minimum absolute atomic E-state index is 0.0611. The second kappa shape index (κ2) is 11.4. The molecule has 0 radical (unpaired) electrons. The van der Waals surface area contributed by atoms with Crippen LogP contribution in [0.15, 0.2) is 78.9 Å². The third kappa shape index (κ3) is 6.66. The molecule has 0 bridgehead atoms. The summed E-state index contributed by atoms with van der Waals surface area (Å²) in [6.07, 6.45) is 0.438. The SMILES string of the molecule is CCNC(=O)C(Cc1ccccc1)N(Cc1cccc(Cl)c1)C(=O)Cc1ccc(F)cc1. The van der Waals surface area contributed by atoms with Gasteiger partial charge in [-0.25, -0.2) is 4.39 Å². The fourth-order valence-electron chi connectivity index (χ4n) is 3.56. The van der Waals surface area contributed by atoms with E-state index in [4.69, 9.17) is 11.6 Å². The lowest BCUT2D eigenvalue weighted by Gasteiger charge is -2.31. The predicted octanol–water partition coefficient (Wildman–Crippen LogP) is 4.80. The summed E-state index contributed by atoms with van der Waals surface area (Å²) in [6.45, 7) is 2.54. The quantitative estimate of drug-likeness (QED) is 0.507. The highest BCUT2D eigenvalue weighted by Gasteiger charge is 2.30. The van der Waals surface area contributed by atoms with Crippen LogP contribution in [0.4, 0.5) is 4.39 Å². The standard InChI is InChI=1S/C26H26ClFN2O2/c1-2-29-26(32)24(16-19-7-4-3-5-8-19)30(18-21-9-6-10-22(27)15-21)25(31)17-20-11-13-23(28)14-12-20/h3-15,24H,2,16-18H2,1H3,(H,29,32). The van der Waals surface area contributed by atoms with Crippen LogP contribution in [0.25, 0.3) is 0 Å². The second-order valence-electron chi connectivity index (χ2n) is 7.55. The maximum atomic E-state index is 13.4. The zero-order valence-electron chi connectivity index (χ0n) is 17.9. The molecule has 1 N–H and O–H groups in total.